The molecule has 8 nitrogen and oxygen atoms in total. The van der Waals surface area contributed by atoms with Crippen LogP contribution in [0.3, 0.4) is 0 Å². The topological polar surface area (TPSA) is 94.7 Å². The van der Waals surface area contributed by atoms with E-state index in [9.17, 15) is 9.59 Å². The van der Waals surface area contributed by atoms with Gasteiger partial charge in [0.15, 0.2) is 0 Å². The Labute approximate surface area is 167 Å². The van der Waals surface area contributed by atoms with Crippen LogP contribution < -0.4 is 10.9 Å². The van der Waals surface area contributed by atoms with Gasteiger partial charge in [-0.1, -0.05) is 43.3 Å². The van der Waals surface area contributed by atoms with E-state index >= 15 is 0 Å². The zero-order chi connectivity index (χ0) is 20.4. The van der Waals surface area contributed by atoms with Gasteiger partial charge in [-0.2, -0.15) is 0 Å². The summed E-state index contributed by atoms with van der Waals surface area (Å²) in [4.78, 5) is 29.5. The van der Waals surface area contributed by atoms with Crippen molar-refractivity contribution in [3.63, 3.8) is 0 Å². The molecule has 0 unspecified atom stereocenters. The highest BCUT2D eigenvalue weighted by Gasteiger charge is 2.19. The second-order valence-corrected chi connectivity index (χ2v) is 7.37. The highest BCUT2D eigenvalue weighted by Crippen LogP contribution is 2.13. The maximum absolute atomic E-state index is 12.7. The van der Waals surface area contributed by atoms with Crippen molar-refractivity contribution in [1.82, 2.24) is 29.9 Å². The van der Waals surface area contributed by atoms with Crippen LogP contribution in [0.2, 0.25) is 0 Å². The lowest BCUT2D eigenvalue weighted by Crippen LogP contribution is -2.44. The molecule has 1 N–H and O–H groups in total. The number of rotatable bonds is 6. The summed E-state index contributed by atoms with van der Waals surface area (Å²) in [6, 6.07) is 14.7. The molecule has 2 heterocycles. The number of fused-ring (bicyclic) bond motifs is 2. The summed E-state index contributed by atoms with van der Waals surface area (Å²) in [5.74, 6) is -0.0688. The van der Waals surface area contributed by atoms with Crippen molar-refractivity contribution in [2.24, 2.45) is 5.92 Å². The zero-order valence-electron chi connectivity index (χ0n) is 16.3. The van der Waals surface area contributed by atoms with Gasteiger partial charge in [0, 0.05) is 0 Å². The van der Waals surface area contributed by atoms with Crippen molar-refractivity contribution in [3.8, 4) is 0 Å². The molecule has 0 spiro atoms. The standard InChI is InChI=1S/C21H22N6O2/c1-14(2)18(11-27-19-10-6-5-9-17(19)24-25-27)23-20(28)12-26-13-22-16-8-4-3-7-15(16)21(26)29/h3-10,13-14,18H,11-12H2,1-2H3,(H,23,28)/t18-/m0/s1. The normalized spacial score (nSPS) is 12.5. The third kappa shape index (κ3) is 3.87. The molecular weight excluding hydrogens is 368 g/mol. The molecule has 0 aliphatic carbocycles. The van der Waals surface area contributed by atoms with Crippen LogP contribution in [-0.2, 0) is 17.9 Å². The van der Waals surface area contributed by atoms with Gasteiger partial charge in [-0.15, -0.1) is 5.10 Å². The van der Waals surface area contributed by atoms with Gasteiger partial charge in [0.25, 0.3) is 5.56 Å². The van der Waals surface area contributed by atoms with Crippen LogP contribution in [0.5, 0.6) is 0 Å². The van der Waals surface area contributed by atoms with Crippen molar-refractivity contribution in [1.29, 1.82) is 0 Å². The average molecular weight is 390 g/mol. The molecule has 8 heteroatoms. The second kappa shape index (κ2) is 7.83. The maximum atomic E-state index is 12.7. The van der Waals surface area contributed by atoms with Crippen LogP contribution in [0, 0.1) is 5.92 Å². The number of benzene rings is 2. The van der Waals surface area contributed by atoms with Crippen molar-refractivity contribution >= 4 is 27.8 Å². The summed E-state index contributed by atoms with van der Waals surface area (Å²) in [7, 11) is 0. The molecule has 0 saturated heterocycles. The smallest absolute Gasteiger partial charge is 0.261 e. The first-order valence-electron chi connectivity index (χ1n) is 9.54. The minimum Gasteiger partial charge on any atom is -0.350 e. The van der Waals surface area contributed by atoms with E-state index in [1.807, 2.05) is 44.2 Å². The average Bonchev–Trinajstić information content (AvgIpc) is 3.13. The number of nitrogens with zero attached hydrogens (tertiary/aromatic N) is 5. The number of nitrogens with one attached hydrogen (secondary N) is 1. The minimum absolute atomic E-state index is 0.0853. The molecule has 148 valence electrons. The molecule has 0 radical (unpaired) electrons. The van der Waals surface area contributed by atoms with Gasteiger partial charge in [-0.3, -0.25) is 14.2 Å². The fourth-order valence-corrected chi connectivity index (χ4v) is 3.29. The van der Waals surface area contributed by atoms with Gasteiger partial charge < -0.3 is 5.32 Å². The Balaban J connectivity index is 1.51. The monoisotopic (exact) mass is 390 g/mol. The lowest BCUT2D eigenvalue weighted by Gasteiger charge is -2.22. The van der Waals surface area contributed by atoms with Crippen molar-refractivity contribution in [2.45, 2.75) is 33.0 Å². The Kier molecular flexibility index (Phi) is 5.07. The summed E-state index contributed by atoms with van der Waals surface area (Å²) in [6.07, 6.45) is 1.42. The van der Waals surface area contributed by atoms with Crippen molar-refractivity contribution in [3.05, 3.63) is 65.2 Å². The van der Waals surface area contributed by atoms with E-state index in [1.54, 1.807) is 22.9 Å². The molecule has 0 bridgehead atoms. The van der Waals surface area contributed by atoms with Gasteiger partial charge in [0.2, 0.25) is 5.91 Å². The number of amides is 1. The second-order valence-electron chi connectivity index (χ2n) is 7.37. The van der Waals surface area contributed by atoms with Crippen LogP contribution in [0.15, 0.2) is 59.7 Å². The van der Waals surface area contributed by atoms with Crippen LogP contribution in [-0.4, -0.2) is 36.5 Å². The highest BCUT2D eigenvalue weighted by atomic mass is 16.2. The Hall–Kier alpha value is -3.55. The van der Waals surface area contributed by atoms with Gasteiger partial charge in [-0.05, 0) is 30.2 Å². The zero-order valence-corrected chi connectivity index (χ0v) is 16.3. The first kappa shape index (κ1) is 18.8. The molecule has 29 heavy (non-hydrogen) atoms. The van der Waals surface area contributed by atoms with Crippen molar-refractivity contribution < 1.29 is 4.79 Å². The van der Waals surface area contributed by atoms with Crippen molar-refractivity contribution in [2.75, 3.05) is 0 Å². The Bertz CT molecular complexity index is 1230. The van der Waals surface area contributed by atoms with Crippen LogP contribution in [0.1, 0.15) is 13.8 Å². The molecule has 0 saturated carbocycles. The third-order valence-corrected chi connectivity index (χ3v) is 4.99. The first-order valence-corrected chi connectivity index (χ1v) is 9.54. The lowest BCUT2D eigenvalue weighted by molar-refractivity contribution is -0.122. The van der Waals surface area contributed by atoms with Gasteiger partial charge in [-0.25, -0.2) is 9.67 Å². The third-order valence-electron chi connectivity index (χ3n) is 4.99. The van der Waals surface area contributed by atoms with E-state index in [0.717, 1.165) is 11.0 Å². The Morgan fingerprint density at radius 3 is 2.59 bits per heavy atom. The first-order chi connectivity index (χ1) is 14.0. The summed E-state index contributed by atoms with van der Waals surface area (Å²) < 4.78 is 3.13. The molecule has 0 fully saturated rings. The van der Waals surface area contributed by atoms with Crippen LogP contribution >= 0.6 is 0 Å². The summed E-state index contributed by atoms with van der Waals surface area (Å²) in [6.45, 7) is 4.48. The van der Waals surface area contributed by atoms with E-state index in [-0.39, 0.29) is 30.0 Å². The number of aromatic nitrogens is 5. The van der Waals surface area contributed by atoms with E-state index in [2.05, 4.69) is 20.6 Å². The van der Waals surface area contributed by atoms with Gasteiger partial charge in [0.05, 0.1) is 35.3 Å². The molecule has 2 aromatic carbocycles. The van der Waals surface area contributed by atoms with Gasteiger partial charge in [0.1, 0.15) is 12.1 Å². The molecule has 1 atom stereocenters. The van der Waals surface area contributed by atoms with E-state index in [0.29, 0.717) is 17.4 Å². The predicted molar refractivity (Wildman–Crippen MR) is 110 cm³/mol. The Morgan fingerprint density at radius 1 is 1.07 bits per heavy atom. The van der Waals surface area contributed by atoms with Crippen LogP contribution in [0.25, 0.3) is 21.9 Å². The summed E-state index contributed by atoms with van der Waals surface area (Å²) in [5, 5.41) is 11.9. The van der Waals surface area contributed by atoms with Crippen LogP contribution in [0.4, 0.5) is 0 Å². The molecule has 0 aliphatic heterocycles. The van der Waals surface area contributed by atoms with E-state index in [1.165, 1.54) is 10.9 Å². The number of hydrogen-bond donors (Lipinski definition) is 1. The number of hydrogen-bond acceptors (Lipinski definition) is 5. The summed E-state index contributed by atoms with van der Waals surface area (Å²) in [5.41, 5.74) is 2.12. The van der Waals surface area contributed by atoms with E-state index < -0.39 is 0 Å². The molecule has 1 amide bonds. The van der Waals surface area contributed by atoms with E-state index in [4.69, 9.17) is 0 Å². The summed E-state index contributed by atoms with van der Waals surface area (Å²) >= 11 is 0. The quantitative estimate of drug-likeness (QED) is 0.543. The molecule has 2 aromatic heterocycles. The molecule has 0 aliphatic rings. The lowest BCUT2D eigenvalue weighted by atomic mass is 10.0. The largest absolute Gasteiger partial charge is 0.350 e. The number of para-hydroxylation sites is 2. The maximum Gasteiger partial charge on any atom is 0.261 e. The molecule has 4 aromatic rings. The Morgan fingerprint density at radius 2 is 1.79 bits per heavy atom. The fraction of sp³-hybridized carbons (Fsp3) is 0.286. The van der Waals surface area contributed by atoms with Gasteiger partial charge >= 0.3 is 0 Å². The highest BCUT2D eigenvalue weighted by molar-refractivity contribution is 5.79. The molecule has 4 rings (SSSR count). The minimum atomic E-state index is -0.243. The number of carbonyl (C=O) groups is 1. The fourth-order valence-electron chi connectivity index (χ4n) is 3.29. The predicted octanol–water partition coefficient (Wildman–Crippen LogP) is 1.98. The number of carbonyl (C=O) groups excluding carboxylic acids is 1. The SMILES string of the molecule is CC(C)[C@H](Cn1nnc2ccccc21)NC(=O)Cn1cnc2ccccc2c1=O. The molecular formula is C21H22N6O2.